The van der Waals surface area contributed by atoms with E-state index in [9.17, 15) is 9.59 Å². The number of rotatable bonds is 4. The lowest BCUT2D eigenvalue weighted by atomic mass is 9.94. The van der Waals surface area contributed by atoms with E-state index in [2.05, 4.69) is 41.4 Å². The summed E-state index contributed by atoms with van der Waals surface area (Å²) in [5.41, 5.74) is 1.98. The zero-order valence-corrected chi connectivity index (χ0v) is 17.4. The Morgan fingerprint density at radius 3 is 2.84 bits per heavy atom. The summed E-state index contributed by atoms with van der Waals surface area (Å²) in [5.74, 6) is 1.26. The number of anilines is 3. The molecule has 32 heavy (non-hydrogen) atoms. The molecule has 162 valence electrons. The minimum atomic E-state index is -0.390. The first-order valence-electron chi connectivity index (χ1n) is 10.4. The molecule has 3 aromatic heterocycles. The molecule has 0 amide bonds. The number of fused-ring (bicyclic) bond motifs is 2. The van der Waals surface area contributed by atoms with E-state index >= 15 is 0 Å². The van der Waals surface area contributed by atoms with Crippen LogP contribution in [-0.4, -0.2) is 42.8 Å². The lowest BCUT2D eigenvalue weighted by Crippen LogP contribution is -2.35. The summed E-state index contributed by atoms with van der Waals surface area (Å²) in [6.45, 7) is 1.48. The van der Waals surface area contributed by atoms with Crippen LogP contribution in [0.1, 0.15) is 19.3 Å². The van der Waals surface area contributed by atoms with Crippen LogP contribution < -0.4 is 21.5 Å². The largest absolute Gasteiger partial charge is 0.341 e. The first kappa shape index (κ1) is 19.7. The second kappa shape index (κ2) is 7.81. The summed E-state index contributed by atoms with van der Waals surface area (Å²) in [7, 11) is 1.70. The van der Waals surface area contributed by atoms with Gasteiger partial charge in [-0.3, -0.25) is 9.36 Å². The van der Waals surface area contributed by atoms with Crippen molar-refractivity contribution in [1.29, 1.82) is 5.26 Å². The van der Waals surface area contributed by atoms with Gasteiger partial charge in [-0.25, -0.2) is 14.9 Å². The highest BCUT2D eigenvalue weighted by Crippen LogP contribution is 2.28. The van der Waals surface area contributed by atoms with Gasteiger partial charge in [0.1, 0.15) is 16.7 Å². The number of nitriles is 1. The zero-order chi connectivity index (χ0) is 22.2. The van der Waals surface area contributed by atoms with Crippen molar-refractivity contribution in [2.24, 2.45) is 13.0 Å². The molecular formula is C21H21N9O2. The minimum Gasteiger partial charge on any atom is -0.341 e. The Hall–Kier alpha value is -4.20. The molecule has 1 aliphatic heterocycles. The molecule has 1 aliphatic rings. The molecule has 4 heterocycles. The van der Waals surface area contributed by atoms with E-state index in [-0.39, 0.29) is 5.69 Å². The third-order valence-electron chi connectivity index (χ3n) is 5.95. The minimum absolute atomic E-state index is 0.200. The molecule has 1 saturated heterocycles. The maximum Gasteiger partial charge on any atom is 0.326 e. The Morgan fingerprint density at radius 2 is 2.06 bits per heavy atom. The summed E-state index contributed by atoms with van der Waals surface area (Å²) in [4.78, 5) is 38.5. The van der Waals surface area contributed by atoms with E-state index in [0.29, 0.717) is 46.2 Å². The quantitative estimate of drug-likeness (QED) is 0.443. The number of aryl methyl sites for hydroxylation is 1. The van der Waals surface area contributed by atoms with Gasteiger partial charge in [0.25, 0.3) is 5.56 Å². The van der Waals surface area contributed by atoms with Crippen molar-refractivity contribution in [2.75, 3.05) is 23.3 Å². The van der Waals surface area contributed by atoms with Crippen LogP contribution in [-0.2, 0) is 7.05 Å². The fourth-order valence-electron chi connectivity index (χ4n) is 4.14. The number of imidazole rings is 1. The third kappa shape index (κ3) is 3.45. The van der Waals surface area contributed by atoms with Crippen molar-refractivity contribution < 1.29 is 0 Å². The summed E-state index contributed by atoms with van der Waals surface area (Å²) >= 11 is 0. The van der Waals surface area contributed by atoms with Gasteiger partial charge >= 0.3 is 5.69 Å². The van der Waals surface area contributed by atoms with Gasteiger partial charge in [0.2, 0.25) is 5.95 Å². The molecule has 0 bridgehead atoms. The molecule has 5 rings (SSSR count). The molecular weight excluding hydrogens is 410 g/mol. The molecule has 1 aromatic carbocycles. The normalized spacial score (nSPS) is 14.7. The molecule has 0 spiro atoms. The highest BCUT2D eigenvalue weighted by atomic mass is 16.1. The summed E-state index contributed by atoms with van der Waals surface area (Å²) in [5, 5.41) is 18.8. The highest BCUT2D eigenvalue weighted by molar-refractivity contribution is 5.91. The van der Waals surface area contributed by atoms with Gasteiger partial charge in [0, 0.05) is 32.2 Å². The van der Waals surface area contributed by atoms with E-state index in [1.54, 1.807) is 13.1 Å². The fourth-order valence-corrected chi connectivity index (χ4v) is 4.14. The Morgan fingerprint density at radius 1 is 1.25 bits per heavy atom. The van der Waals surface area contributed by atoms with Crippen molar-refractivity contribution in [3.8, 4) is 6.07 Å². The lowest BCUT2D eigenvalue weighted by Gasteiger charge is -2.31. The molecule has 11 nitrogen and oxygen atoms in total. The molecule has 0 atom stereocenters. The Bertz CT molecular complexity index is 1470. The van der Waals surface area contributed by atoms with Crippen molar-refractivity contribution in [1.82, 2.24) is 29.7 Å². The smallest absolute Gasteiger partial charge is 0.326 e. The standard InChI is InChI=1S/C21H21N9O2/c1-29-16-3-2-13(10-14(16)26-21(29)32)24-18-17-15(11-23-28-19(17)31)25-20(27-18)30-8-5-12(4-7-22)6-9-30/h2-3,10-12H,4-6,8-9H2,1H3,(H,26,32)(H,28,31)(H,24,25,27). The predicted molar refractivity (Wildman–Crippen MR) is 120 cm³/mol. The lowest BCUT2D eigenvalue weighted by molar-refractivity contribution is 0.409. The van der Waals surface area contributed by atoms with Gasteiger partial charge in [-0.15, -0.1) is 0 Å². The van der Waals surface area contributed by atoms with Gasteiger partial charge in [0.05, 0.1) is 23.3 Å². The molecule has 0 saturated carbocycles. The van der Waals surface area contributed by atoms with Crippen LogP contribution in [0.3, 0.4) is 0 Å². The van der Waals surface area contributed by atoms with Crippen molar-refractivity contribution in [3.05, 3.63) is 45.2 Å². The van der Waals surface area contributed by atoms with Crippen LogP contribution in [0.4, 0.5) is 17.5 Å². The average Bonchev–Trinajstić information content (AvgIpc) is 3.07. The number of aromatic nitrogens is 6. The van der Waals surface area contributed by atoms with E-state index in [1.165, 1.54) is 10.8 Å². The SMILES string of the molecule is Cn1c(=O)[nH]c2cc(Nc3nc(N4CCC(CC#N)CC4)nc4cn[nH]c(=O)c34)ccc21. The molecule has 11 heteroatoms. The number of hydrogen-bond donors (Lipinski definition) is 3. The van der Waals surface area contributed by atoms with Crippen LogP contribution in [0.25, 0.3) is 21.9 Å². The van der Waals surface area contributed by atoms with Crippen LogP contribution in [0.5, 0.6) is 0 Å². The number of nitrogens with one attached hydrogen (secondary N) is 3. The topological polar surface area (TPSA) is 148 Å². The van der Waals surface area contributed by atoms with Gasteiger partial charge in [-0.1, -0.05) is 0 Å². The van der Waals surface area contributed by atoms with Gasteiger partial charge < -0.3 is 15.2 Å². The summed E-state index contributed by atoms with van der Waals surface area (Å²) in [6, 6.07) is 7.70. The van der Waals surface area contributed by atoms with E-state index in [4.69, 9.17) is 5.26 Å². The number of H-pyrrole nitrogens is 2. The molecule has 4 aromatic rings. The first-order valence-corrected chi connectivity index (χ1v) is 10.4. The number of benzene rings is 1. The summed E-state index contributed by atoms with van der Waals surface area (Å²) in [6.07, 6.45) is 3.85. The second-order valence-electron chi connectivity index (χ2n) is 7.97. The number of nitrogens with zero attached hydrogens (tertiary/aromatic N) is 6. The number of hydrogen-bond acceptors (Lipinski definition) is 8. The maximum absolute atomic E-state index is 12.5. The third-order valence-corrected chi connectivity index (χ3v) is 5.95. The van der Waals surface area contributed by atoms with Gasteiger partial charge in [-0.05, 0) is 37.0 Å². The average molecular weight is 431 g/mol. The van der Waals surface area contributed by atoms with Crippen molar-refractivity contribution >= 4 is 39.4 Å². The molecule has 0 radical (unpaired) electrons. The van der Waals surface area contributed by atoms with Crippen LogP contribution in [0.15, 0.2) is 34.0 Å². The Labute approximate surface area is 181 Å². The van der Waals surface area contributed by atoms with E-state index in [0.717, 1.165) is 31.4 Å². The van der Waals surface area contributed by atoms with E-state index < -0.39 is 5.56 Å². The first-order chi connectivity index (χ1) is 15.5. The maximum atomic E-state index is 12.5. The highest BCUT2D eigenvalue weighted by Gasteiger charge is 2.23. The molecule has 0 aliphatic carbocycles. The van der Waals surface area contributed by atoms with Crippen LogP contribution in [0.2, 0.25) is 0 Å². The zero-order valence-electron chi connectivity index (χ0n) is 17.4. The fraction of sp³-hybridized carbons (Fsp3) is 0.333. The number of aromatic amines is 2. The monoisotopic (exact) mass is 431 g/mol. The van der Waals surface area contributed by atoms with E-state index in [1.807, 2.05) is 12.1 Å². The van der Waals surface area contributed by atoms with Crippen LogP contribution >= 0.6 is 0 Å². The van der Waals surface area contributed by atoms with Crippen molar-refractivity contribution in [3.63, 3.8) is 0 Å². The van der Waals surface area contributed by atoms with Gasteiger partial charge in [-0.2, -0.15) is 15.3 Å². The Kier molecular flexibility index (Phi) is 4.82. The Balaban J connectivity index is 1.54. The van der Waals surface area contributed by atoms with Crippen molar-refractivity contribution in [2.45, 2.75) is 19.3 Å². The van der Waals surface area contributed by atoms with Crippen LogP contribution in [0, 0.1) is 17.2 Å². The summed E-state index contributed by atoms with van der Waals surface area (Å²) < 4.78 is 1.53. The molecule has 1 fully saturated rings. The number of piperidine rings is 1. The second-order valence-corrected chi connectivity index (χ2v) is 7.97. The van der Waals surface area contributed by atoms with Gasteiger partial charge in [0.15, 0.2) is 0 Å². The molecule has 3 N–H and O–H groups in total. The predicted octanol–water partition coefficient (Wildman–Crippen LogP) is 1.77. The molecule has 0 unspecified atom stereocenters.